The molecule has 1 aliphatic heterocycles. The van der Waals surface area contributed by atoms with Gasteiger partial charge < -0.3 is 10.2 Å². The van der Waals surface area contributed by atoms with Crippen LogP contribution in [-0.4, -0.2) is 60.1 Å². The van der Waals surface area contributed by atoms with Crippen molar-refractivity contribution in [3.8, 4) is 0 Å². The topological polar surface area (TPSA) is 52.7 Å². The summed E-state index contributed by atoms with van der Waals surface area (Å²) < 4.78 is 25.2. The number of alkyl halides is 2. The molecule has 0 aromatic heterocycles. The number of nitrogens with zero attached hydrogens (tertiary/aromatic N) is 2. The van der Waals surface area contributed by atoms with Gasteiger partial charge in [0.2, 0.25) is 11.8 Å². The van der Waals surface area contributed by atoms with Crippen LogP contribution < -0.4 is 5.32 Å². The van der Waals surface area contributed by atoms with Gasteiger partial charge in [0.1, 0.15) is 0 Å². The quantitative estimate of drug-likeness (QED) is 0.782. The first-order valence-corrected chi connectivity index (χ1v) is 9.21. The molecule has 0 bridgehead atoms. The molecule has 1 aromatic carbocycles. The van der Waals surface area contributed by atoms with Gasteiger partial charge in [0.05, 0.1) is 12.2 Å². The molecule has 0 spiro atoms. The van der Waals surface area contributed by atoms with Crippen LogP contribution in [0, 0.1) is 0 Å². The summed E-state index contributed by atoms with van der Waals surface area (Å²) in [7, 11) is 0. The molecular weight excluding hydrogens is 348 g/mol. The normalized spacial score (nSPS) is 15.9. The Morgan fingerprint density at radius 3 is 2.68 bits per heavy atom. The Hall–Kier alpha value is -1.67. The molecule has 1 aromatic rings. The van der Waals surface area contributed by atoms with Crippen molar-refractivity contribution in [1.29, 1.82) is 0 Å². The number of hydrogen-bond donors (Lipinski definition) is 1. The lowest BCUT2D eigenvalue weighted by molar-refractivity contribution is -0.130. The van der Waals surface area contributed by atoms with Crippen LogP contribution in [0.4, 0.5) is 14.5 Å². The maximum atomic E-state index is 12.6. The smallest absolute Gasteiger partial charge is 0.288 e. The predicted molar refractivity (Wildman–Crippen MR) is 94.9 cm³/mol. The van der Waals surface area contributed by atoms with Crippen LogP contribution in [0.1, 0.15) is 19.8 Å². The number of amides is 2. The molecule has 0 radical (unpaired) electrons. The van der Waals surface area contributed by atoms with Crippen LogP contribution >= 0.6 is 11.8 Å². The third-order valence-electron chi connectivity index (χ3n) is 3.99. The minimum Gasteiger partial charge on any atom is -0.341 e. The van der Waals surface area contributed by atoms with Gasteiger partial charge >= 0.3 is 0 Å². The van der Waals surface area contributed by atoms with E-state index in [1.54, 1.807) is 24.3 Å². The van der Waals surface area contributed by atoms with Crippen molar-refractivity contribution in [3.63, 3.8) is 0 Å². The number of anilines is 1. The van der Waals surface area contributed by atoms with E-state index in [9.17, 15) is 18.4 Å². The van der Waals surface area contributed by atoms with Crippen LogP contribution in [0.15, 0.2) is 29.2 Å². The van der Waals surface area contributed by atoms with Gasteiger partial charge in [-0.15, -0.1) is 0 Å². The monoisotopic (exact) mass is 371 g/mol. The summed E-state index contributed by atoms with van der Waals surface area (Å²) >= 11 is 0.417. The molecule has 1 heterocycles. The highest BCUT2D eigenvalue weighted by Gasteiger charge is 2.20. The molecular formula is C17H23F2N3O2S. The molecule has 2 rings (SSSR count). The van der Waals surface area contributed by atoms with Gasteiger partial charge in [-0.3, -0.25) is 14.5 Å². The van der Waals surface area contributed by atoms with Crippen molar-refractivity contribution >= 4 is 29.3 Å². The Balaban J connectivity index is 1.89. The molecule has 138 valence electrons. The van der Waals surface area contributed by atoms with Crippen molar-refractivity contribution in [1.82, 2.24) is 9.80 Å². The summed E-state index contributed by atoms with van der Waals surface area (Å²) in [5.41, 5.74) is 0.399. The summed E-state index contributed by atoms with van der Waals surface area (Å²) in [5.74, 6) is -2.65. The number of para-hydroxylation sites is 1. The molecule has 0 aliphatic carbocycles. The van der Waals surface area contributed by atoms with Crippen LogP contribution in [0.3, 0.4) is 0 Å². The average molecular weight is 371 g/mol. The number of rotatable bonds is 6. The van der Waals surface area contributed by atoms with E-state index in [-0.39, 0.29) is 18.4 Å². The zero-order valence-corrected chi connectivity index (χ0v) is 15.0. The average Bonchev–Trinajstić information content (AvgIpc) is 2.81. The predicted octanol–water partition coefficient (Wildman–Crippen LogP) is 2.88. The first-order valence-electron chi connectivity index (χ1n) is 8.33. The van der Waals surface area contributed by atoms with E-state index < -0.39 is 5.76 Å². The Morgan fingerprint density at radius 1 is 1.20 bits per heavy atom. The molecule has 1 N–H and O–H groups in total. The first-order chi connectivity index (χ1) is 12.0. The van der Waals surface area contributed by atoms with Gasteiger partial charge in [0.15, 0.2) is 0 Å². The van der Waals surface area contributed by atoms with E-state index >= 15 is 0 Å². The second kappa shape index (κ2) is 9.72. The second-order valence-corrected chi connectivity index (χ2v) is 6.82. The van der Waals surface area contributed by atoms with Crippen LogP contribution in [0.25, 0.3) is 0 Å². The van der Waals surface area contributed by atoms with Crippen LogP contribution in [-0.2, 0) is 9.59 Å². The fourth-order valence-corrected chi connectivity index (χ4v) is 3.36. The Morgan fingerprint density at radius 2 is 1.96 bits per heavy atom. The molecule has 0 saturated carbocycles. The highest BCUT2D eigenvalue weighted by Crippen LogP contribution is 2.31. The minimum absolute atomic E-state index is 0.129. The number of carbonyl (C=O) groups excluding carboxylic acids is 2. The largest absolute Gasteiger partial charge is 0.341 e. The van der Waals surface area contributed by atoms with E-state index in [4.69, 9.17) is 0 Å². The number of nitrogens with one attached hydrogen (secondary N) is 1. The molecule has 1 saturated heterocycles. The van der Waals surface area contributed by atoms with Gasteiger partial charge in [-0.25, -0.2) is 0 Å². The van der Waals surface area contributed by atoms with Gasteiger partial charge in [0.25, 0.3) is 5.76 Å². The van der Waals surface area contributed by atoms with E-state index in [2.05, 4.69) is 5.32 Å². The Kier molecular flexibility index (Phi) is 7.64. The summed E-state index contributed by atoms with van der Waals surface area (Å²) in [6.45, 7) is 4.70. The second-order valence-electron chi connectivity index (χ2n) is 5.79. The molecule has 0 atom stereocenters. The number of benzene rings is 1. The number of hydrogen-bond acceptors (Lipinski definition) is 4. The lowest BCUT2D eigenvalue weighted by Crippen LogP contribution is -2.37. The molecule has 0 unspecified atom stereocenters. The maximum absolute atomic E-state index is 12.6. The molecule has 25 heavy (non-hydrogen) atoms. The third-order valence-corrected chi connectivity index (χ3v) is 4.78. The van der Waals surface area contributed by atoms with Crippen molar-refractivity contribution in [3.05, 3.63) is 24.3 Å². The number of halogens is 2. The molecule has 1 fully saturated rings. The van der Waals surface area contributed by atoms with Crippen molar-refractivity contribution < 1.29 is 18.4 Å². The van der Waals surface area contributed by atoms with Gasteiger partial charge in [-0.1, -0.05) is 30.8 Å². The van der Waals surface area contributed by atoms with E-state index in [0.29, 0.717) is 48.4 Å². The lowest BCUT2D eigenvalue weighted by atomic mass is 10.3. The zero-order valence-electron chi connectivity index (χ0n) is 14.2. The summed E-state index contributed by atoms with van der Waals surface area (Å²) in [5, 5.41) is 2.71. The summed E-state index contributed by atoms with van der Waals surface area (Å²) in [4.78, 5) is 28.2. The number of carbonyl (C=O) groups is 2. The fourth-order valence-electron chi connectivity index (χ4n) is 2.76. The fraction of sp³-hybridized carbons (Fsp3) is 0.529. The van der Waals surface area contributed by atoms with Gasteiger partial charge in [-0.2, -0.15) is 8.78 Å². The Labute approximate surface area is 150 Å². The molecule has 8 heteroatoms. The zero-order chi connectivity index (χ0) is 18.2. The van der Waals surface area contributed by atoms with Crippen molar-refractivity contribution in [2.75, 3.05) is 38.0 Å². The molecule has 1 aliphatic rings. The van der Waals surface area contributed by atoms with Crippen LogP contribution in [0.2, 0.25) is 0 Å². The summed E-state index contributed by atoms with van der Waals surface area (Å²) in [6.07, 6.45) is 1.30. The van der Waals surface area contributed by atoms with Crippen LogP contribution in [0.5, 0.6) is 0 Å². The van der Waals surface area contributed by atoms with E-state index in [1.807, 2.05) is 16.7 Å². The third kappa shape index (κ3) is 6.28. The molecule has 5 nitrogen and oxygen atoms in total. The lowest BCUT2D eigenvalue weighted by Gasteiger charge is -2.21. The van der Waals surface area contributed by atoms with Crippen molar-refractivity contribution in [2.45, 2.75) is 30.4 Å². The standard InChI is InChI=1S/C17H23F2N3O2S/c1-2-16(24)22-9-5-8-21(10-11-22)12-15(23)20-13-6-3-4-7-14(13)25-17(18)19/h3-4,6-7,17H,2,5,8-12H2,1H3,(H,20,23). The Bertz CT molecular complexity index is 601. The summed E-state index contributed by atoms with van der Waals surface area (Å²) in [6, 6.07) is 6.54. The SMILES string of the molecule is CCC(=O)N1CCCN(CC(=O)Nc2ccccc2SC(F)F)CC1. The van der Waals surface area contributed by atoms with E-state index in [0.717, 1.165) is 13.0 Å². The minimum atomic E-state index is -2.54. The highest BCUT2D eigenvalue weighted by molar-refractivity contribution is 7.99. The maximum Gasteiger partial charge on any atom is 0.288 e. The highest BCUT2D eigenvalue weighted by atomic mass is 32.2. The van der Waals surface area contributed by atoms with Crippen molar-refractivity contribution in [2.24, 2.45) is 0 Å². The van der Waals surface area contributed by atoms with E-state index in [1.165, 1.54) is 0 Å². The first kappa shape index (κ1) is 19.7. The van der Waals surface area contributed by atoms with Gasteiger partial charge in [0, 0.05) is 37.5 Å². The molecule has 2 amide bonds. The number of thioether (sulfide) groups is 1. The van der Waals surface area contributed by atoms with Gasteiger partial charge in [-0.05, 0) is 18.6 Å².